The summed E-state index contributed by atoms with van der Waals surface area (Å²) >= 11 is 0. The number of ether oxygens (including phenoxy) is 2. The molecule has 2 aliphatic rings. The van der Waals surface area contributed by atoms with Crippen molar-refractivity contribution in [2.24, 2.45) is 0 Å². The molecule has 118 valence electrons. The number of benzene rings is 1. The van der Waals surface area contributed by atoms with Gasteiger partial charge in [-0.3, -0.25) is 9.59 Å². The van der Waals surface area contributed by atoms with Crippen LogP contribution in [0.3, 0.4) is 0 Å². The van der Waals surface area contributed by atoms with Crippen molar-refractivity contribution in [2.45, 2.75) is 65.2 Å². The summed E-state index contributed by atoms with van der Waals surface area (Å²) < 4.78 is 11.2. The van der Waals surface area contributed by atoms with Gasteiger partial charge in [0.1, 0.15) is 11.5 Å². The fourth-order valence-corrected chi connectivity index (χ4v) is 4.03. The third-order valence-electron chi connectivity index (χ3n) is 4.84. The molecule has 0 unspecified atom stereocenters. The van der Waals surface area contributed by atoms with Crippen LogP contribution in [0.4, 0.5) is 0 Å². The third kappa shape index (κ3) is 1.97. The second-order valence-electron chi connectivity index (χ2n) is 7.73. The van der Waals surface area contributed by atoms with Crippen molar-refractivity contribution in [2.75, 3.05) is 0 Å². The summed E-state index contributed by atoms with van der Waals surface area (Å²) in [5.41, 5.74) is 3.12. The third-order valence-corrected chi connectivity index (χ3v) is 4.84. The molecule has 0 aliphatic carbocycles. The van der Waals surface area contributed by atoms with Gasteiger partial charge >= 0.3 is 11.9 Å². The Morgan fingerprint density at radius 2 is 1.05 bits per heavy atom. The van der Waals surface area contributed by atoms with E-state index in [0.29, 0.717) is 24.3 Å². The van der Waals surface area contributed by atoms with Gasteiger partial charge in [-0.05, 0) is 25.0 Å². The maximum absolute atomic E-state index is 12.0. The predicted molar refractivity (Wildman–Crippen MR) is 82.5 cm³/mol. The topological polar surface area (TPSA) is 52.6 Å². The largest absolute Gasteiger partial charge is 0.426 e. The molecule has 0 saturated carbocycles. The molecule has 0 N–H and O–H groups in total. The van der Waals surface area contributed by atoms with E-state index in [1.165, 1.54) is 0 Å². The molecule has 0 radical (unpaired) electrons. The Labute approximate surface area is 130 Å². The molecular formula is C18H22O4. The number of hydrogen-bond acceptors (Lipinski definition) is 4. The molecule has 4 nitrogen and oxygen atoms in total. The predicted octanol–water partition coefficient (Wildman–Crippen LogP) is 3.48. The van der Waals surface area contributed by atoms with E-state index in [4.69, 9.17) is 9.47 Å². The van der Waals surface area contributed by atoms with Gasteiger partial charge in [0.2, 0.25) is 0 Å². The van der Waals surface area contributed by atoms with Crippen LogP contribution in [0.2, 0.25) is 0 Å². The highest BCUT2D eigenvalue weighted by molar-refractivity contribution is 5.84. The van der Waals surface area contributed by atoms with Crippen molar-refractivity contribution in [1.82, 2.24) is 0 Å². The Morgan fingerprint density at radius 3 is 1.36 bits per heavy atom. The summed E-state index contributed by atoms with van der Waals surface area (Å²) in [6.07, 6.45) is 0.660. The van der Waals surface area contributed by atoms with Crippen molar-refractivity contribution in [3.05, 3.63) is 22.3 Å². The summed E-state index contributed by atoms with van der Waals surface area (Å²) in [6.45, 7) is 12.0. The molecule has 0 spiro atoms. The zero-order valence-corrected chi connectivity index (χ0v) is 14.0. The molecule has 0 saturated heterocycles. The standard InChI is InChI=1S/C18H22O4/c1-9-13-16(22-12(20)7-17(13,3)4)10(2)14-15(9)21-11(19)8-18(14,5)6/h7-8H2,1-6H3. The molecule has 0 fully saturated rings. The molecule has 0 amide bonds. The van der Waals surface area contributed by atoms with Gasteiger partial charge in [-0.1, -0.05) is 27.7 Å². The number of rotatable bonds is 0. The molecule has 3 rings (SSSR count). The Hall–Kier alpha value is -1.84. The lowest BCUT2D eigenvalue weighted by Gasteiger charge is -2.39. The van der Waals surface area contributed by atoms with Crippen LogP contribution in [0.25, 0.3) is 0 Å². The van der Waals surface area contributed by atoms with E-state index in [0.717, 1.165) is 22.3 Å². The first-order chi connectivity index (χ1) is 10.0. The van der Waals surface area contributed by atoms with Crippen LogP contribution >= 0.6 is 0 Å². The van der Waals surface area contributed by atoms with Gasteiger partial charge in [0.25, 0.3) is 0 Å². The van der Waals surface area contributed by atoms with Gasteiger partial charge in [0, 0.05) is 22.0 Å². The van der Waals surface area contributed by atoms with E-state index in [1.807, 2.05) is 41.5 Å². The Morgan fingerprint density at radius 1 is 0.727 bits per heavy atom. The molecule has 1 aromatic carbocycles. The van der Waals surface area contributed by atoms with Crippen LogP contribution in [0.15, 0.2) is 0 Å². The van der Waals surface area contributed by atoms with Crippen LogP contribution in [0.5, 0.6) is 11.5 Å². The summed E-state index contributed by atoms with van der Waals surface area (Å²) in [7, 11) is 0. The van der Waals surface area contributed by atoms with Crippen LogP contribution in [-0.4, -0.2) is 11.9 Å². The van der Waals surface area contributed by atoms with Gasteiger partial charge in [-0.25, -0.2) is 0 Å². The van der Waals surface area contributed by atoms with Gasteiger partial charge in [-0.15, -0.1) is 0 Å². The summed E-state index contributed by atoms with van der Waals surface area (Å²) in [5.74, 6) is 0.906. The quantitative estimate of drug-likeness (QED) is 0.544. The van der Waals surface area contributed by atoms with E-state index in [-0.39, 0.29) is 22.8 Å². The molecule has 2 aliphatic heterocycles. The first-order valence-corrected chi connectivity index (χ1v) is 7.64. The van der Waals surface area contributed by atoms with Crippen molar-refractivity contribution >= 4 is 11.9 Å². The highest BCUT2D eigenvalue weighted by Crippen LogP contribution is 2.52. The Kier molecular flexibility index (Phi) is 2.97. The lowest BCUT2D eigenvalue weighted by molar-refractivity contribution is -0.138. The van der Waals surface area contributed by atoms with Crippen molar-refractivity contribution in [1.29, 1.82) is 0 Å². The number of carbonyl (C=O) groups is 2. The molecular weight excluding hydrogens is 280 g/mol. The van der Waals surface area contributed by atoms with Gasteiger partial charge in [0.05, 0.1) is 12.8 Å². The Bertz CT molecular complexity index is 649. The Balaban J connectivity index is 2.40. The van der Waals surface area contributed by atoms with Crippen LogP contribution < -0.4 is 9.47 Å². The SMILES string of the molecule is Cc1c2c(c(C)c3c1C(C)(C)CC(=O)O3)C(C)(C)CC(=O)O2. The first-order valence-electron chi connectivity index (χ1n) is 7.64. The van der Waals surface area contributed by atoms with Crippen LogP contribution in [0, 0.1) is 13.8 Å². The first kappa shape index (κ1) is 15.1. The molecule has 0 atom stereocenters. The number of carbonyl (C=O) groups excluding carboxylic acids is 2. The van der Waals surface area contributed by atoms with E-state index >= 15 is 0 Å². The molecule has 1 aromatic rings. The van der Waals surface area contributed by atoms with E-state index in [2.05, 4.69) is 0 Å². The highest BCUT2D eigenvalue weighted by Gasteiger charge is 2.43. The van der Waals surface area contributed by atoms with Gasteiger partial charge < -0.3 is 9.47 Å². The minimum Gasteiger partial charge on any atom is -0.426 e. The highest BCUT2D eigenvalue weighted by atomic mass is 16.5. The van der Waals surface area contributed by atoms with Crippen molar-refractivity contribution < 1.29 is 19.1 Å². The lowest BCUT2D eigenvalue weighted by atomic mass is 9.70. The number of esters is 2. The average Bonchev–Trinajstić information content (AvgIpc) is 2.31. The summed E-state index contributed by atoms with van der Waals surface area (Å²) in [4.78, 5) is 24.0. The zero-order valence-electron chi connectivity index (χ0n) is 14.0. The van der Waals surface area contributed by atoms with E-state index in [9.17, 15) is 9.59 Å². The second kappa shape index (κ2) is 4.34. The fourth-order valence-electron chi connectivity index (χ4n) is 4.03. The minimum atomic E-state index is -0.331. The lowest BCUT2D eigenvalue weighted by Crippen LogP contribution is -2.36. The summed E-state index contributed by atoms with van der Waals surface area (Å²) in [5, 5.41) is 0. The van der Waals surface area contributed by atoms with Crippen molar-refractivity contribution in [3.8, 4) is 11.5 Å². The maximum Gasteiger partial charge on any atom is 0.312 e. The van der Waals surface area contributed by atoms with Gasteiger partial charge in [0.15, 0.2) is 0 Å². The van der Waals surface area contributed by atoms with E-state index < -0.39 is 0 Å². The average molecular weight is 302 g/mol. The number of fused-ring (bicyclic) bond motifs is 2. The van der Waals surface area contributed by atoms with E-state index in [1.54, 1.807) is 0 Å². The minimum absolute atomic E-state index is 0.203. The van der Waals surface area contributed by atoms with Crippen molar-refractivity contribution in [3.63, 3.8) is 0 Å². The molecule has 2 heterocycles. The summed E-state index contributed by atoms with van der Waals surface area (Å²) in [6, 6.07) is 0. The van der Waals surface area contributed by atoms with Crippen LogP contribution in [-0.2, 0) is 20.4 Å². The smallest absolute Gasteiger partial charge is 0.312 e. The second-order valence-corrected chi connectivity index (χ2v) is 7.73. The molecule has 4 heteroatoms. The monoisotopic (exact) mass is 302 g/mol. The van der Waals surface area contributed by atoms with Gasteiger partial charge in [-0.2, -0.15) is 0 Å². The molecule has 22 heavy (non-hydrogen) atoms. The van der Waals surface area contributed by atoms with Crippen LogP contribution in [0.1, 0.15) is 62.8 Å². The molecule has 0 bridgehead atoms. The fraction of sp³-hybridized carbons (Fsp3) is 0.556. The number of hydrogen-bond donors (Lipinski definition) is 0. The normalized spacial score (nSPS) is 21.5. The molecule has 0 aromatic heterocycles. The maximum atomic E-state index is 12.0. The zero-order chi connectivity index (χ0) is 16.4.